The molecule has 2 rings (SSSR count). The van der Waals surface area contributed by atoms with E-state index < -0.39 is 11.9 Å². The predicted octanol–water partition coefficient (Wildman–Crippen LogP) is 1.57. The van der Waals surface area contributed by atoms with E-state index in [0.29, 0.717) is 16.3 Å². The van der Waals surface area contributed by atoms with Crippen LogP contribution in [0.3, 0.4) is 0 Å². The van der Waals surface area contributed by atoms with Crippen molar-refractivity contribution in [1.82, 2.24) is 10.2 Å². The molecule has 4 amide bonds. The van der Waals surface area contributed by atoms with Crippen LogP contribution in [0.5, 0.6) is 0 Å². The molecular weight excluding hydrogens is 320 g/mol. The van der Waals surface area contributed by atoms with Gasteiger partial charge in [-0.05, 0) is 37.5 Å². The number of carbonyl (C=O) groups is 3. The maximum atomic E-state index is 12.4. The van der Waals surface area contributed by atoms with Crippen LogP contribution >= 0.6 is 11.6 Å². The Morgan fingerprint density at radius 3 is 2.48 bits per heavy atom. The Labute approximate surface area is 139 Å². The second-order valence-electron chi connectivity index (χ2n) is 5.31. The van der Waals surface area contributed by atoms with Crippen molar-refractivity contribution in [3.8, 4) is 0 Å². The number of likely N-dealkylation sites (tertiary alicyclic amines) is 1. The topological polar surface area (TPSA) is 105 Å². The quantitative estimate of drug-likeness (QED) is 0.775. The zero-order chi connectivity index (χ0) is 16.8. The number of nitrogens with zero attached hydrogens (tertiary/aromatic N) is 1. The highest BCUT2D eigenvalue weighted by Crippen LogP contribution is 2.23. The average molecular weight is 339 g/mol. The molecule has 4 N–H and O–H groups in total. The number of hydrogen-bond acceptors (Lipinski definition) is 4. The van der Waals surface area contributed by atoms with E-state index in [-0.39, 0.29) is 12.5 Å². The van der Waals surface area contributed by atoms with Crippen molar-refractivity contribution in [2.45, 2.75) is 19.3 Å². The normalized spacial score (nSPS) is 14.2. The molecule has 0 bridgehead atoms. The van der Waals surface area contributed by atoms with Crippen LogP contribution in [0.1, 0.15) is 29.6 Å². The van der Waals surface area contributed by atoms with Crippen molar-refractivity contribution >= 4 is 35.1 Å². The van der Waals surface area contributed by atoms with Gasteiger partial charge in [0.05, 0.1) is 17.1 Å². The number of rotatable bonds is 4. The Balaban J connectivity index is 1.98. The van der Waals surface area contributed by atoms with Crippen molar-refractivity contribution in [2.75, 3.05) is 25.0 Å². The zero-order valence-electron chi connectivity index (χ0n) is 12.6. The monoisotopic (exact) mass is 338 g/mol. The first kappa shape index (κ1) is 17.1. The van der Waals surface area contributed by atoms with Crippen LogP contribution in [-0.2, 0) is 4.79 Å². The van der Waals surface area contributed by atoms with Crippen LogP contribution in [0.4, 0.5) is 10.5 Å². The standard InChI is InChI=1S/C15H19ClN4O3/c16-12-8-10(18-9-13(21)19-15(17)23)4-5-11(12)14(22)20-6-2-1-3-7-20/h4-5,8,18H,1-3,6-7,9H2,(H3,17,19,21,23). The number of nitrogens with one attached hydrogen (secondary N) is 2. The van der Waals surface area contributed by atoms with Crippen molar-refractivity contribution in [1.29, 1.82) is 0 Å². The summed E-state index contributed by atoms with van der Waals surface area (Å²) in [6, 6.07) is 3.97. The van der Waals surface area contributed by atoms with Crippen LogP contribution in [-0.4, -0.2) is 42.4 Å². The molecule has 0 radical (unpaired) electrons. The minimum Gasteiger partial charge on any atom is -0.376 e. The first-order chi connectivity index (χ1) is 11.0. The van der Waals surface area contributed by atoms with Gasteiger partial charge in [-0.15, -0.1) is 0 Å². The molecule has 0 aliphatic carbocycles. The number of piperidine rings is 1. The Hall–Kier alpha value is -2.28. The van der Waals surface area contributed by atoms with Crippen LogP contribution in [0.2, 0.25) is 5.02 Å². The molecule has 0 aromatic heterocycles. The summed E-state index contributed by atoms with van der Waals surface area (Å²) in [5.41, 5.74) is 5.87. The molecular formula is C15H19ClN4O3. The van der Waals surface area contributed by atoms with E-state index in [1.807, 2.05) is 5.32 Å². The lowest BCUT2D eigenvalue weighted by molar-refractivity contribution is -0.118. The number of halogens is 1. The summed E-state index contributed by atoms with van der Waals surface area (Å²) < 4.78 is 0. The lowest BCUT2D eigenvalue weighted by atomic mass is 10.1. The minimum absolute atomic E-state index is 0.0762. The largest absolute Gasteiger partial charge is 0.376 e. The molecule has 1 aromatic carbocycles. The molecule has 1 fully saturated rings. The molecule has 1 aliphatic heterocycles. The van der Waals surface area contributed by atoms with Gasteiger partial charge < -0.3 is 16.0 Å². The number of urea groups is 1. The van der Waals surface area contributed by atoms with Crippen molar-refractivity contribution < 1.29 is 14.4 Å². The highest BCUT2D eigenvalue weighted by Gasteiger charge is 2.20. The molecule has 124 valence electrons. The number of primary amides is 1. The third kappa shape index (κ3) is 4.85. The molecule has 1 saturated heterocycles. The fraction of sp³-hybridized carbons (Fsp3) is 0.400. The minimum atomic E-state index is -0.905. The van der Waals surface area contributed by atoms with E-state index in [9.17, 15) is 14.4 Å². The summed E-state index contributed by atoms with van der Waals surface area (Å²) >= 11 is 6.18. The van der Waals surface area contributed by atoms with Gasteiger partial charge >= 0.3 is 6.03 Å². The van der Waals surface area contributed by atoms with Gasteiger partial charge in [-0.25, -0.2) is 4.79 Å². The highest BCUT2D eigenvalue weighted by molar-refractivity contribution is 6.34. The van der Waals surface area contributed by atoms with E-state index in [2.05, 4.69) is 5.32 Å². The molecule has 0 saturated carbocycles. The first-order valence-corrected chi connectivity index (χ1v) is 7.77. The molecule has 0 unspecified atom stereocenters. The number of anilines is 1. The second kappa shape index (κ2) is 7.82. The summed E-state index contributed by atoms with van der Waals surface area (Å²) in [6.07, 6.45) is 3.17. The number of amides is 4. The lowest BCUT2D eigenvalue weighted by Crippen LogP contribution is -2.38. The van der Waals surface area contributed by atoms with Crippen LogP contribution < -0.4 is 16.4 Å². The molecule has 7 nitrogen and oxygen atoms in total. The van der Waals surface area contributed by atoms with Crippen molar-refractivity contribution in [3.05, 3.63) is 28.8 Å². The number of hydrogen-bond donors (Lipinski definition) is 3. The molecule has 0 spiro atoms. The van der Waals surface area contributed by atoms with Crippen molar-refractivity contribution in [2.24, 2.45) is 5.73 Å². The second-order valence-corrected chi connectivity index (χ2v) is 5.72. The lowest BCUT2D eigenvalue weighted by Gasteiger charge is -2.27. The maximum Gasteiger partial charge on any atom is 0.318 e. The SMILES string of the molecule is NC(=O)NC(=O)CNc1ccc(C(=O)N2CCCCC2)c(Cl)c1. The number of benzene rings is 1. The summed E-state index contributed by atoms with van der Waals surface area (Å²) in [4.78, 5) is 36.1. The maximum absolute atomic E-state index is 12.4. The van der Waals surface area contributed by atoms with Crippen LogP contribution in [0, 0.1) is 0 Å². The van der Waals surface area contributed by atoms with Gasteiger partial charge in [0, 0.05) is 18.8 Å². The van der Waals surface area contributed by atoms with Crippen molar-refractivity contribution in [3.63, 3.8) is 0 Å². The summed E-state index contributed by atoms with van der Waals surface area (Å²) in [6.45, 7) is 1.38. The number of carbonyl (C=O) groups excluding carboxylic acids is 3. The third-order valence-electron chi connectivity index (χ3n) is 3.56. The third-order valence-corrected chi connectivity index (χ3v) is 3.87. The van der Waals surface area contributed by atoms with Gasteiger partial charge in [0.1, 0.15) is 0 Å². The molecule has 8 heteroatoms. The van der Waals surface area contributed by atoms with Gasteiger partial charge in [0.25, 0.3) is 5.91 Å². The fourth-order valence-electron chi connectivity index (χ4n) is 2.43. The molecule has 0 atom stereocenters. The fourth-order valence-corrected chi connectivity index (χ4v) is 2.69. The van der Waals surface area contributed by atoms with Crippen LogP contribution in [0.15, 0.2) is 18.2 Å². The summed E-state index contributed by atoms with van der Waals surface area (Å²) in [5.74, 6) is -0.630. The van der Waals surface area contributed by atoms with E-state index >= 15 is 0 Å². The Morgan fingerprint density at radius 2 is 1.87 bits per heavy atom. The molecule has 1 aromatic rings. The Morgan fingerprint density at radius 1 is 1.17 bits per heavy atom. The van der Waals surface area contributed by atoms with Gasteiger partial charge in [-0.3, -0.25) is 14.9 Å². The smallest absolute Gasteiger partial charge is 0.318 e. The zero-order valence-corrected chi connectivity index (χ0v) is 13.4. The van der Waals surface area contributed by atoms with Crippen LogP contribution in [0.25, 0.3) is 0 Å². The van der Waals surface area contributed by atoms with Gasteiger partial charge in [-0.1, -0.05) is 11.6 Å². The number of imide groups is 1. The molecule has 1 aliphatic rings. The highest BCUT2D eigenvalue weighted by atomic mass is 35.5. The Bertz CT molecular complexity index is 615. The van der Waals surface area contributed by atoms with E-state index in [1.165, 1.54) is 0 Å². The average Bonchev–Trinajstić information content (AvgIpc) is 2.52. The number of nitrogens with two attached hydrogens (primary N) is 1. The van der Waals surface area contributed by atoms with Gasteiger partial charge in [0.2, 0.25) is 5.91 Å². The first-order valence-electron chi connectivity index (χ1n) is 7.39. The summed E-state index contributed by atoms with van der Waals surface area (Å²) in [5, 5.41) is 5.07. The molecule has 1 heterocycles. The summed E-state index contributed by atoms with van der Waals surface area (Å²) in [7, 11) is 0. The van der Waals surface area contributed by atoms with E-state index in [0.717, 1.165) is 32.4 Å². The van der Waals surface area contributed by atoms with Gasteiger partial charge in [-0.2, -0.15) is 0 Å². The van der Waals surface area contributed by atoms with E-state index in [1.54, 1.807) is 23.1 Å². The molecule has 23 heavy (non-hydrogen) atoms. The van der Waals surface area contributed by atoms with E-state index in [4.69, 9.17) is 17.3 Å². The predicted molar refractivity (Wildman–Crippen MR) is 87.4 cm³/mol. The van der Waals surface area contributed by atoms with Gasteiger partial charge in [0.15, 0.2) is 0 Å². The Kier molecular flexibility index (Phi) is 5.81.